The molecule has 0 aliphatic carbocycles. The van der Waals surface area contributed by atoms with Gasteiger partial charge in [0, 0.05) is 10.0 Å². The van der Waals surface area contributed by atoms with Gasteiger partial charge in [-0.3, -0.25) is 0 Å². The zero-order valence-electron chi connectivity index (χ0n) is 8.63. The molecule has 0 atom stereocenters. The number of aromatic nitrogens is 1. The molecule has 0 aliphatic heterocycles. The SMILES string of the molecule is CNCc1ncc(-c2ccc(Br)cc2Cl)o1. The van der Waals surface area contributed by atoms with E-state index in [4.69, 9.17) is 16.0 Å². The van der Waals surface area contributed by atoms with E-state index < -0.39 is 0 Å². The lowest BCUT2D eigenvalue weighted by atomic mass is 10.2. The van der Waals surface area contributed by atoms with E-state index in [1.165, 1.54) is 0 Å². The highest BCUT2D eigenvalue weighted by Crippen LogP contribution is 2.30. The van der Waals surface area contributed by atoms with Crippen LogP contribution in [0.1, 0.15) is 5.89 Å². The summed E-state index contributed by atoms with van der Waals surface area (Å²) in [7, 11) is 1.84. The van der Waals surface area contributed by atoms with Gasteiger partial charge in [0.1, 0.15) is 0 Å². The number of benzene rings is 1. The van der Waals surface area contributed by atoms with Gasteiger partial charge in [-0.15, -0.1) is 0 Å². The molecular formula is C11H10BrClN2O. The van der Waals surface area contributed by atoms with E-state index >= 15 is 0 Å². The number of halogens is 2. The van der Waals surface area contributed by atoms with E-state index in [0.29, 0.717) is 23.2 Å². The third kappa shape index (κ3) is 2.45. The van der Waals surface area contributed by atoms with Crippen molar-refractivity contribution in [1.82, 2.24) is 10.3 Å². The van der Waals surface area contributed by atoms with Crippen molar-refractivity contribution in [1.29, 1.82) is 0 Å². The predicted octanol–water partition coefficient (Wildman–Crippen LogP) is 3.48. The zero-order chi connectivity index (χ0) is 11.5. The van der Waals surface area contributed by atoms with Crippen LogP contribution in [0.5, 0.6) is 0 Å². The summed E-state index contributed by atoms with van der Waals surface area (Å²) in [5, 5.41) is 3.62. The normalized spacial score (nSPS) is 10.7. The third-order valence-corrected chi connectivity index (χ3v) is 2.88. The maximum Gasteiger partial charge on any atom is 0.208 e. The molecule has 2 rings (SSSR count). The van der Waals surface area contributed by atoms with Crippen molar-refractivity contribution in [2.45, 2.75) is 6.54 Å². The summed E-state index contributed by atoms with van der Waals surface area (Å²) >= 11 is 9.48. The Labute approximate surface area is 107 Å². The minimum atomic E-state index is 0.605. The van der Waals surface area contributed by atoms with Crippen molar-refractivity contribution >= 4 is 27.5 Å². The standard InChI is InChI=1S/C11H10BrClN2O/c1-14-6-11-15-5-10(16-11)8-3-2-7(12)4-9(8)13/h2-5,14H,6H2,1H3. The molecule has 0 aliphatic rings. The molecule has 0 unspecified atom stereocenters. The summed E-state index contributed by atoms with van der Waals surface area (Å²) < 4.78 is 6.50. The molecule has 0 radical (unpaired) electrons. The maximum atomic E-state index is 6.12. The van der Waals surface area contributed by atoms with Gasteiger partial charge in [-0.2, -0.15) is 0 Å². The van der Waals surface area contributed by atoms with Crippen LogP contribution in [-0.4, -0.2) is 12.0 Å². The van der Waals surface area contributed by atoms with Crippen LogP contribution in [0.3, 0.4) is 0 Å². The van der Waals surface area contributed by atoms with Crippen LogP contribution in [-0.2, 0) is 6.54 Å². The van der Waals surface area contributed by atoms with E-state index in [1.54, 1.807) is 6.20 Å². The molecular weight excluding hydrogens is 291 g/mol. The minimum absolute atomic E-state index is 0.605. The van der Waals surface area contributed by atoms with Gasteiger partial charge < -0.3 is 9.73 Å². The van der Waals surface area contributed by atoms with Gasteiger partial charge in [0.25, 0.3) is 0 Å². The first kappa shape index (κ1) is 11.6. The third-order valence-electron chi connectivity index (χ3n) is 2.08. The molecule has 0 saturated heterocycles. The molecule has 0 fully saturated rings. The van der Waals surface area contributed by atoms with Crippen LogP contribution in [0.25, 0.3) is 11.3 Å². The molecule has 84 valence electrons. The first-order valence-electron chi connectivity index (χ1n) is 4.75. The molecule has 0 spiro atoms. The van der Waals surface area contributed by atoms with Crippen molar-refractivity contribution in [2.24, 2.45) is 0 Å². The highest BCUT2D eigenvalue weighted by atomic mass is 79.9. The number of hydrogen-bond acceptors (Lipinski definition) is 3. The van der Waals surface area contributed by atoms with E-state index in [-0.39, 0.29) is 0 Å². The van der Waals surface area contributed by atoms with Crippen molar-refractivity contribution in [3.8, 4) is 11.3 Å². The fourth-order valence-corrected chi connectivity index (χ4v) is 2.12. The van der Waals surface area contributed by atoms with E-state index in [2.05, 4.69) is 26.2 Å². The van der Waals surface area contributed by atoms with Crippen molar-refractivity contribution in [3.63, 3.8) is 0 Å². The summed E-state index contributed by atoms with van der Waals surface area (Å²) in [5.41, 5.74) is 0.847. The molecule has 1 aromatic heterocycles. The van der Waals surface area contributed by atoms with Crippen LogP contribution >= 0.6 is 27.5 Å². The molecule has 2 aromatic rings. The van der Waals surface area contributed by atoms with Gasteiger partial charge in [0.2, 0.25) is 5.89 Å². The quantitative estimate of drug-likeness (QED) is 0.943. The van der Waals surface area contributed by atoms with Gasteiger partial charge in [0.05, 0.1) is 17.8 Å². The lowest BCUT2D eigenvalue weighted by Gasteiger charge is -2.00. The molecule has 0 saturated carbocycles. The molecule has 5 heteroatoms. The fraction of sp³-hybridized carbons (Fsp3) is 0.182. The van der Waals surface area contributed by atoms with Crippen LogP contribution in [0, 0.1) is 0 Å². The van der Waals surface area contributed by atoms with Crippen LogP contribution in [0.2, 0.25) is 5.02 Å². The topological polar surface area (TPSA) is 38.1 Å². The Morgan fingerprint density at radius 3 is 3.00 bits per heavy atom. The Kier molecular flexibility index (Phi) is 3.63. The molecule has 0 amide bonds. The first-order chi connectivity index (χ1) is 7.70. The Hall–Kier alpha value is -0.840. The molecule has 1 N–H and O–H groups in total. The average Bonchev–Trinajstić information content (AvgIpc) is 2.67. The van der Waals surface area contributed by atoms with E-state index in [9.17, 15) is 0 Å². The number of hydrogen-bond donors (Lipinski definition) is 1. The van der Waals surface area contributed by atoms with Crippen molar-refractivity contribution in [3.05, 3.63) is 39.8 Å². The Bertz CT molecular complexity index is 498. The van der Waals surface area contributed by atoms with Gasteiger partial charge in [-0.05, 0) is 25.2 Å². The van der Waals surface area contributed by atoms with Crippen molar-refractivity contribution in [2.75, 3.05) is 7.05 Å². The second-order valence-corrected chi connectivity index (χ2v) is 4.60. The largest absolute Gasteiger partial charge is 0.439 e. The summed E-state index contributed by atoms with van der Waals surface area (Å²) in [4.78, 5) is 4.15. The zero-order valence-corrected chi connectivity index (χ0v) is 11.0. The molecule has 3 nitrogen and oxygen atoms in total. The highest BCUT2D eigenvalue weighted by molar-refractivity contribution is 9.10. The number of oxazole rings is 1. The molecule has 16 heavy (non-hydrogen) atoms. The Balaban J connectivity index is 2.35. The monoisotopic (exact) mass is 300 g/mol. The lowest BCUT2D eigenvalue weighted by Crippen LogP contribution is -2.04. The summed E-state index contributed by atoms with van der Waals surface area (Å²) in [6.07, 6.45) is 1.68. The molecule has 1 heterocycles. The highest BCUT2D eigenvalue weighted by Gasteiger charge is 2.09. The maximum absolute atomic E-state index is 6.12. The van der Waals surface area contributed by atoms with Gasteiger partial charge in [0.15, 0.2) is 5.76 Å². The van der Waals surface area contributed by atoms with Crippen LogP contribution < -0.4 is 5.32 Å². The number of nitrogens with one attached hydrogen (secondary N) is 1. The number of rotatable bonds is 3. The second-order valence-electron chi connectivity index (χ2n) is 3.27. The van der Waals surface area contributed by atoms with Gasteiger partial charge >= 0.3 is 0 Å². The smallest absolute Gasteiger partial charge is 0.208 e. The summed E-state index contributed by atoms with van der Waals surface area (Å²) in [6.45, 7) is 0.605. The Morgan fingerprint density at radius 2 is 2.31 bits per heavy atom. The lowest BCUT2D eigenvalue weighted by molar-refractivity contribution is 0.491. The van der Waals surface area contributed by atoms with Gasteiger partial charge in [-0.25, -0.2) is 4.98 Å². The second kappa shape index (κ2) is 4.99. The van der Waals surface area contributed by atoms with Crippen LogP contribution in [0.4, 0.5) is 0 Å². The minimum Gasteiger partial charge on any atom is -0.439 e. The average molecular weight is 302 g/mol. The number of nitrogens with zero attached hydrogens (tertiary/aromatic N) is 1. The summed E-state index contributed by atoms with van der Waals surface area (Å²) in [5.74, 6) is 1.33. The fourth-order valence-electron chi connectivity index (χ4n) is 1.36. The Morgan fingerprint density at radius 1 is 1.50 bits per heavy atom. The van der Waals surface area contributed by atoms with Gasteiger partial charge in [-0.1, -0.05) is 27.5 Å². The molecule has 0 bridgehead atoms. The predicted molar refractivity (Wildman–Crippen MR) is 67.4 cm³/mol. The summed E-state index contributed by atoms with van der Waals surface area (Å²) in [6, 6.07) is 5.65. The van der Waals surface area contributed by atoms with Crippen LogP contribution in [0.15, 0.2) is 33.3 Å². The first-order valence-corrected chi connectivity index (χ1v) is 5.92. The molecule has 1 aromatic carbocycles. The van der Waals surface area contributed by atoms with E-state index in [0.717, 1.165) is 10.0 Å². The van der Waals surface area contributed by atoms with E-state index in [1.807, 2.05) is 25.2 Å². The van der Waals surface area contributed by atoms with Crippen molar-refractivity contribution < 1.29 is 4.42 Å².